The molecule has 2 heterocycles. The van der Waals surface area contributed by atoms with Crippen molar-refractivity contribution in [3.8, 4) is 10.6 Å². The molecule has 0 bridgehead atoms. The molecule has 0 aliphatic carbocycles. The van der Waals surface area contributed by atoms with Gasteiger partial charge in [-0.2, -0.15) is 0 Å². The zero-order valence-corrected chi connectivity index (χ0v) is 14.6. The van der Waals surface area contributed by atoms with E-state index in [4.69, 9.17) is 4.74 Å². The highest BCUT2D eigenvalue weighted by Crippen LogP contribution is 2.28. The van der Waals surface area contributed by atoms with Crippen LogP contribution in [0.2, 0.25) is 0 Å². The number of esters is 1. The average molecular weight is 361 g/mol. The first-order chi connectivity index (χ1) is 12.1. The number of tetrazole rings is 1. The van der Waals surface area contributed by atoms with Crippen LogP contribution in [0.25, 0.3) is 10.6 Å². The Morgan fingerprint density at radius 1 is 1.32 bits per heavy atom. The average Bonchev–Trinajstić information content (AvgIpc) is 3.20. The molecular weight excluding hydrogens is 345 g/mol. The second kappa shape index (κ2) is 7.47. The van der Waals surface area contributed by atoms with E-state index >= 15 is 0 Å². The van der Waals surface area contributed by atoms with Crippen LogP contribution < -0.4 is 0 Å². The third kappa shape index (κ3) is 3.87. The lowest BCUT2D eigenvalue weighted by Gasteiger charge is -2.04. The Morgan fingerprint density at radius 2 is 2.08 bits per heavy atom. The molecule has 0 amide bonds. The highest BCUT2D eigenvalue weighted by Gasteiger charge is 2.19. The van der Waals surface area contributed by atoms with Gasteiger partial charge in [0.15, 0.2) is 12.4 Å². The number of rotatable bonds is 6. The molecule has 3 rings (SSSR count). The van der Waals surface area contributed by atoms with Crippen molar-refractivity contribution in [1.82, 2.24) is 25.2 Å². The van der Waals surface area contributed by atoms with Crippen LogP contribution >= 0.6 is 11.3 Å². The molecule has 0 spiro atoms. The molecule has 2 aromatic heterocycles. The van der Waals surface area contributed by atoms with Crippen molar-refractivity contribution < 1.29 is 13.9 Å². The lowest BCUT2D eigenvalue weighted by atomic mass is 10.2. The van der Waals surface area contributed by atoms with E-state index in [0.717, 1.165) is 12.0 Å². The summed E-state index contributed by atoms with van der Waals surface area (Å²) in [5.41, 5.74) is 1.32. The van der Waals surface area contributed by atoms with E-state index < -0.39 is 5.97 Å². The van der Waals surface area contributed by atoms with E-state index in [2.05, 4.69) is 20.5 Å². The van der Waals surface area contributed by atoms with Crippen molar-refractivity contribution >= 4 is 17.3 Å². The highest BCUT2D eigenvalue weighted by atomic mass is 32.1. The van der Waals surface area contributed by atoms with Crippen molar-refractivity contribution in [2.45, 2.75) is 33.4 Å². The second-order valence-electron chi connectivity index (χ2n) is 5.33. The number of thiazole rings is 1. The molecule has 0 radical (unpaired) electrons. The fourth-order valence-electron chi connectivity index (χ4n) is 2.21. The monoisotopic (exact) mass is 361 g/mol. The minimum atomic E-state index is -0.477. The van der Waals surface area contributed by atoms with E-state index in [0.29, 0.717) is 27.9 Å². The summed E-state index contributed by atoms with van der Waals surface area (Å²) in [5, 5.41) is 11.9. The van der Waals surface area contributed by atoms with Gasteiger partial charge in [-0.05, 0) is 48.0 Å². The van der Waals surface area contributed by atoms with Crippen LogP contribution in [0.5, 0.6) is 0 Å². The van der Waals surface area contributed by atoms with Crippen molar-refractivity contribution in [1.29, 1.82) is 0 Å². The van der Waals surface area contributed by atoms with Crippen LogP contribution in [0.4, 0.5) is 4.39 Å². The summed E-state index contributed by atoms with van der Waals surface area (Å²) < 4.78 is 20.0. The molecule has 0 saturated heterocycles. The van der Waals surface area contributed by atoms with Crippen molar-refractivity contribution in [3.63, 3.8) is 0 Å². The molecule has 1 aromatic carbocycles. The molecule has 3 aromatic rings. The number of benzene rings is 1. The molecule has 130 valence electrons. The summed E-state index contributed by atoms with van der Waals surface area (Å²) in [6, 6.07) is 5.97. The molecule has 0 atom stereocenters. The van der Waals surface area contributed by atoms with Crippen LogP contribution in [0.1, 0.15) is 34.5 Å². The minimum absolute atomic E-state index is 0.00491. The van der Waals surface area contributed by atoms with E-state index in [1.807, 2.05) is 6.92 Å². The minimum Gasteiger partial charge on any atom is -0.453 e. The molecule has 7 nitrogen and oxygen atoms in total. The first-order valence-electron chi connectivity index (χ1n) is 7.74. The number of carbonyl (C=O) groups excluding carboxylic acids is 1. The Balaban J connectivity index is 1.72. The molecular formula is C16H16FN5O2S. The molecule has 0 aliphatic rings. The van der Waals surface area contributed by atoms with Gasteiger partial charge in [0.1, 0.15) is 15.7 Å². The lowest BCUT2D eigenvalue weighted by Crippen LogP contribution is -2.10. The Hall–Kier alpha value is -2.68. The quantitative estimate of drug-likeness (QED) is 0.628. The zero-order valence-electron chi connectivity index (χ0n) is 13.8. The maximum Gasteiger partial charge on any atom is 0.350 e. The highest BCUT2D eigenvalue weighted by molar-refractivity contribution is 7.17. The predicted octanol–water partition coefficient (Wildman–Crippen LogP) is 3.01. The molecule has 0 aliphatic heterocycles. The summed E-state index contributed by atoms with van der Waals surface area (Å²) >= 11 is 1.21. The van der Waals surface area contributed by atoms with Gasteiger partial charge in [-0.1, -0.05) is 6.92 Å². The molecule has 0 fully saturated rings. The first-order valence-corrected chi connectivity index (χ1v) is 8.55. The van der Waals surface area contributed by atoms with Crippen molar-refractivity contribution in [2.75, 3.05) is 0 Å². The summed E-state index contributed by atoms with van der Waals surface area (Å²) in [5.74, 6) is -0.299. The fraction of sp³-hybridized carbons (Fsp3) is 0.312. The second-order valence-corrected chi connectivity index (χ2v) is 6.33. The first kappa shape index (κ1) is 17.2. The Labute approximate surface area is 147 Å². The summed E-state index contributed by atoms with van der Waals surface area (Å²) in [7, 11) is 0. The van der Waals surface area contributed by atoms with Crippen LogP contribution in [0.3, 0.4) is 0 Å². The Bertz CT molecular complexity index is 875. The lowest BCUT2D eigenvalue weighted by molar-refractivity contribution is 0.0461. The zero-order chi connectivity index (χ0) is 17.8. The third-order valence-corrected chi connectivity index (χ3v) is 4.63. The molecule has 0 saturated carbocycles. The Kier molecular flexibility index (Phi) is 5.13. The van der Waals surface area contributed by atoms with Crippen molar-refractivity contribution in [3.05, 3.63) is 46.5 Å². The number of carbonyl (C=O) groups is 1. The normalized spacial score (nSPS) is 10.8. The number of aryl methyl sites for hydroxylation is 2. The molecule has 0 unspecified atom stereocenters. The number of hydrogen-bond acceptors (Lipinski definition) is 7. The van der Waals surface area contributed by atoms with Gasteiger partial charge in [-0.25, -0.2) is 18.9 Å². The van der Waals surface area contributed by atoms with Crippen molar-refractivity contribution in [2.24, 2.45) is 0 Å². The maximum atomic E-state index is 13.0. The Morgan fingerprint density at radius 3 is 2.80 bits per heavy atom. The number of nitrogens with zero attached hydrogens (tertiary/aromatic N) is 5. The van der Waals surface area contributed by atoms with Crippen LogP contribution in [-0.2, 0) is 17.9 Å². The molecule has 9 heteroatoms. The number of halogens is 1. The summed E-state index contributed by atoms with van der Waals surface area (Å²) in [4.78, 5) is 17.1. The number of ether oxygens (including phenoxy) is 1. The smallest absolute Gasteiger partial charge is 0.350 e. The van der Waals surface area contributed by atoms with Gasteiger partial charge in [0.2, 0.25) is 0 Å². The maximum absolute atomic E-state index is 13.0. The van der Waals surface area contributed by atoms with E-state index in [1.165, 1.54) is 23.5 Å². The van der Waals surface area contributed by atoms with E-state index in [9.17, 15) is 9.18 Å². The number of aromatic nitrogens is 5. The van der Waals surface area contributed by atoms with Crippen LogP contribution in [0, 0.1) is 12.7 Å². The third-order valence-electron chi connectivity index (χ3n) is 3.45. The van der Waals surface area contributed by atoms with Gasteiger partial charge in [0.05, 0.1) is 5.69 Å². The van der Waals surface area contributed by atoms with Gasteiger partial charge < -0.3 is 4.74 Å². The molecule has 0 N–H and O–H groups in total. The standard InChI is InChI=1S/C16H16FN5O2S/c1-3-8-22-13(19-20-21-22)9-24-16(23)14-10(2)18-15(25-14)11-4-6-12(17)7-5-11/h4-7H,3,8-9H2,1-2H3. The van der Waals surface area contributed by atoms with Gasteiger partial charge in [0.25, 0.3) is 0 Å². The predicted molar refractivity (Wildman–Crippen MR) is 89.5 cm³/mol. The SMILES string of the molecule is CCCn1nnnc1COC(=O)c1sc(-c2ccc(F)cc2)nc1C. The van der Waals surface area contributed by atoms with Gasteiger partial charge in [-0.15, -0.1) is 16.4 Å². The van der Waals surface area contributed by atoms with Gasteiger partial charge in [-0.3, -0.25) is 0 Å². The van der Waals surface area contributed by atoms with Gasteiger partial charge in [0, 0.05) is 12.1 Å². The topological polar surface area (TPSA) is 82.8 Å². The van der Waals surface area contributed by atoms with E-state index in [1.54, 1.807) is 23.7 Å². The largest absolute Gasteiger partial charge is 0.453 e. The number of hydrogen-bond donors (Lipinski definition) is 0. The summed E-state index contributed by atoms with van der Waals surface area (Å²) in [6.07, 6.45) is 0.876. The fourth-order valence-corrected chi connectivity index (χ4v) is 3.17. The van der Waals surface area contributed by atoms with Gasteiger partial charge >= 0.3 is 5.97 Å². The van der Waals surface area contributed by atoms with Crippen LogP contribution in [-0.4, -0.2) is 31.2 Å². The molecule has 25 heavy (non-hydrogen) atoms. The van der Waals surface area contributed by atoms with E-state index in [-0.39, 0.29) is 12.4 Å². The summed E-state index contributed by atoms with van der Waals surface area (Å²) in [6.45, 7) is 4.40. The van der Waals surface area contributed by atoms with Crippen LogP contribution in [0.15, 0.2) is 24.3 Å².